The van der Waals surface area contributed by atoms with Gasteiger partial charge in [-0.15, -0.1) is 0 Å². The Morgan fingerprint density at radius 1 is 1.37 bits per heavy atom. The van der Waals surface area contributed by atoms with Crippen molar-refractivity contribution in [2.75, 3.05) is 5.73 Å². The SMILES string of the molecule is [2H]c1cc([2H])c2c(c1N)CN(C1CCC(=O)NC1=O)C2=O. The molecule has 0 saturated carbocycles. The zero-order valence-electron chi connectivity index (χ0n) is 12.0. The molecule has 0 radical (unpaired) electrons. The summed E-state index contributed by atoms with van der Waals surface area (Å²) in [6.07, 6.45) is 0.425. The smallest absolute Gasteiger partial charge is 0.255 e. The van der Waals surface area contributed by atoms with E-state index in [0.717, 1.165) is 0 Å². The normalized spacial score (nSPS) is 23.9. The van der Waals surface area contributed by atoms with Gasteiger partial charge in [0.2, 0.25) is 11.8 Å². The Hall–Kier alpha value is -2.37. The first-order chi connectivity index (χ1) is 9.90. The van der Waals surface area contributed by atoms with E-state index in [1.165, 1.54) is 11.0 Å². The molecule has 1 unspecified atom stereocenters. The third-order valence-electron chi connectivity index (χ3n) is 3.46. The van der Waals surface area contributed by atoms with E-state index < -0.39 is 17.9 Å². The number of rotatable bonds is 1. The van der Waals surface area contributed by atoms with E-state index in [9.17, 15) is 14.4 Å². The van der Waals surface area contributed by atoms with Crippen LogP contribution in [0, 0.1) is 0 Å². The lowest BCUT2D eigenvalue weighted by Gasteiger charge is -2.29. The minimum absolute atomic E-state index is 0.00308. The van der Waals surface area contributed by atoms with Crippen molar-refractivity contribution in [1.29, 1.82) is 0 Å². The summed E-state index contributed by atoms with van der Waals surface area (Å²) in [6, 6.07) is 0.413. The number of anilines is 1. The number of carbonyl (C=O) groups excluding carboxylic acids is 3. The van der Waals surface area contributed by atoms with Gasteiger partial charge in [-0.05, 0) is 18.5 Å². The van der Waals surface area contributed by atoms with E-state index in [4.69, 9.17) is 8.48 Å². The van der Waals surface area contributed by atoms with E-state index in [0.29, 0.717) is 5.56 Å². The predicted octanol–water partition coefficient (Wildman–Crippen LogP) is 0.0298. The summed E-state index contributed by atoms with van der Waals surface area (Å²) in [5.74, 6) is -1.31. The molecule has 3 rings (SSSR count). The lowest BCUT2D eigenvalue weighted by atomic mass is 10.0. The van der Waals surface area contributed by atoms with Crippen LogP contribution in [0.3, 0.4) is 0 Å². The van der Waals surface area contributed by atoms with Gasteiger partial charge in [0, 0.05) is 29.8 Å². The van der Waals surface area contributed by atoms with E-state index in [1.54, 1.807) is 0 Å². The molecule has 6 heteroatoms. The number of hydrogen-bond donors (Lipinski definition) is 2. The van der Waals surface area contributed by atoms with Crippen LogP contribution in [0.5, 0.6) is 0 Å². The average molecular weight is 261 g/mol. The summed E-state index contributed by atoms with van der Waals surface area (Å²) in [5, 5.41) is 2.21. The van der Waals surface area contributed by atoms with Crippen LogP contribution in [-0.4, -0.2) is 28.7 Å². The van der Waals surface area contributed by atoms with Crippen LogP contribution in [0.25, 0.3) is 0 Å². The maximum absolute atomic E-state index is 12.4. The van der Waals surface area contributed by atoms with E-state index >= 15 is 0 Å². The van der Waals surface area contributed by atoms with E-state index in [1.807, 2.05) is 0 Å². The monoisotopic (exact) mass is 261 g/mol. The van der Waals surface area contributed by atoms with Crippen molar-refractivity contribution in [2.24, 2.45) is 0 Å². The second kappa shape index (κ2) is 4.08. The Balaban J connectivity index is 1.97. The highest BCUT2D eigenvalue weighted by atomic mass is 16.2. The van der Waals surface area contributed by atoms with E-state index in [-0.39, 0.29) is 48.6 Å². The molecule has 1 atom stereocenters. The first-order valence-corrected chi connectivity index (χ1v) is 5.93. The molecule has 0 bridgehead atoms. The lowest BCUT2D eigenvalue weighted by molar-refractivity contribution is -0.136. The molecule has 3 N–H and O–H groups in total. The van der Waals surface area contributed by atoms with Crippen molar-refractivity contribution in [2.45, 2.75) is 25.4 Å². The lowest BCUT2D eigenvalue weighted by Crippen LogP contribution is -2.52. The number of nitrogens with zero attached hydrogens (tertiary/aromatic N) is 1. The summed E-state index contributed by atoms with van der Waals surface area (Å²) in [6.45, 7) is 0.0882. The van der Waals surface area contributed by atoms with Crippen LogP contribution in [0.4, 0.5) is 5.69 Å². The summed E-state index contributed by atoms with van der Waals surface area (Å²) in [7, 11) is 0. The van der Waals surface area contributed by atoms with Gasteiger partial charge in [-0.2, -0.15) is 0 Å². The van der Waals surface area contributed by atoms with Gasteiger partial charge in [-0.25, -0.2) is 0 Å². The molecule has 2 aliphatic heterocycles. The number of carbonyl (C=O) groups is 3. The maximum Gasteiger partial charge on any atom is 0.255 e. The fraction of sp³-hybridized carbons (Fsp3) is 0.308. The molecule has 1 saturated heterocycles. The quantitative estimate of drug-likeness (QED) is 0.551. The Labute approximate surface area is 112 Å². The van der Waals surface area contributed by atoms with Crippen LogP contribution in [0.2, 0.25) is 0 Å². The Morgan fingerprint density at radius 2 is 2.16 bits per heavy atom. The molecule has 0 aromatic heterocycles. The van der Waals surface area contributed by atoms with Crippen LogP contribution in [-0.2, 0) is 16.1 Å². The molecule has 0 spiro atoms. The van der Waals surface area contributed by atoms with Crippen molar-refractivity contribution in [1.82, 2.24) is 10.2 Å². The number of fused-ring (bicyclic) bond motifs is 1. The molecule has 19 heavy (non-hydrogen) atoms. The van der Waals surface area contributed by atoms with Crippen molar-refractivity contribution in [3.8, 4) is 0 Å². The first-order valence-electron chi connectivity index (χ1n) is 6.93. The minimum Gasteiger partial charge on any atom is -0.398 e. The van der Waals surface area contributed by atoms with Crippen LogP contribution in [0.15, 0.2) is 18.2 Å². The third-order valence-corrected chi connectivity index (χ3v) is 3.46. The topological polar surface area (TPSA) is 92.5 Å². The van der Waals surface area contributed by atoms with Crippen LogP contribution < -0.4 is 11.1 Å². The largest absolute Gasteiger partial charge is 0.398 e. The van der Waals surface area contributed by atoms with E-state index in [2.05, 4.69) is 5.32 Å². The van der Waals surface area contributed by atoms with Gasteiger partial charge in [-0.1, -0.05) is 6.07 Å². The van der Waals surface area contributed by atoms with Gasteiger partial charge >= 0.3 is 0 Å². The van der Waals surface area contributed by atoms with Crippen molar-refractivity contribution in [3.63, 3.8) is 0 Å². The zero-order chi connectivity index (χ0) is 15.3. The van der Waals surface area contributed by atoms with Crippen LogP contribution in [0.1, 0.15) is 31.5 Å². The van der Waals surface area contributed by atoms with Gasteiger partial charge in [0.1, 0.15) is 6.04 Å². The molecular weight excluding hydrogens is 246 g/mol. The summed E-state index contributed by atoms with van der Waals surface area (Å²) >= 11 is 0. The van der Waals surface area contributed by atoms with Crippen molar-refractivity contribution < 1.29 is 17.1 Å². The average Bonchev–Trinajstić information content (AvgIpc) is 2.75. The summed E-state index contributed by atoms with van der Waals surface area (Å²) < 4.78 is 15.5. The Bertz CT molecular complexity index is 690. The number of nitrogens with one attached hydrogen (secondary N) is 1. The summed E-state index contributed by atoms with van der Waals surface area (Å²) in [4.78, 5) is 36.8. The summed E-state index contributed by atoms with van der Waals surface area (Å²) in [5.41, 5.74) is 6.53. The van der Waals surface area contributed by atoms with Gasteiger partial charge < -0.3 is 10.6 Å². The molecule has 2 heterocycles. The minimum atomic E-state index is -0.740. The number of piperidine rings is 1. The van der Waals surface area contributed by atoms with Gasteiger partial charge in [0.15, 0.2) is 0 Å². The molecule has 0 aliphatic carbocycles. The molecule has 1 aromatic rings. The second-order valence-electron chi connectivity index (χ2n) is 4.60. The van der Waals surface area contributed by atoms with Gasteiger partial charge in [0.05, 0.1) is 2.74 Å². The first kappa shape index (κ1) is 9.55. The molecule has 2 aliphatic rings. The van der Waals surface area contributed by atoms with Crippen LogP contribution >= 0.6 is 0 Å². The highest BCUT2D eigenvalue weighted by Gasteiger charge is 2.39. The van der Waals surface area contributed by atoms with Gasteiger partial charge in [0.25, 0.3) is 5.91 Å². The fourth-order valence-corrected chi connectivity index (χ4v) is 2.47. The number of benzene rings is 1. The fourth-order valence-electron chi connectivity index (χ4n) is 2.47. The standard InChI is InChI=1S/C13H13N3O3/c14-9-3-1-2-7-8(9)6-16(13(7)19)10-4-5-11(17)15-12(10)18/h1-3,10H,4-6,14H2,(H,15,17,18)/i2D,3D. The molecular formula is C13H13N3O3. The Morgan fingerprint density at radius 3 is 2.89 bits per heavy atom. The number of nitrogen functional groups attached to an aromatic ring is 1. The maximum atomic E-state index is 12.4. The predicted molar refractivity (Wildman–Crippen MR) is 66.9 cm³/mol. The number of imide groups is 1. The highest BCUT2D eigenvalue weighted by molar-refractivity contribution is 6.06. The number of hydrogen-bond acceptors (Lipinski definition) is 4. The second-order valence-corrected chi connectivity index (χ2v) is 4.60. The van der Waals surface area contributed by atoms with Crippen molar-refractivity contribution >= 4 is 23.4 Å². The Kier molecular flexibility index (Phi) is 2.05. The molecule has 3 amide bonds. The number of nitrogens with two attached hydrogens (primary N) is 1. The molecule has 1 aromatic carbocycles. The zero-order valence-corrected chi connectivity index (χ0v) is 10.0. The molecule has 98 valence electrons. The molecule has 1 fully saturated rings. The third kappa shape index (κ3) is 1.76. The number of amides is 3. The van der Waals surface area contributed by atoms with Crippen molar-refractivity contribution in [3.05, 3.63) is 29.3 Å². The highest BCUT2D eigenvalue weighted by Crippen LogP contribution is 2.30. The molecule has 6 nitrogen and oxygen atoms in total. The van der Waals surface area contributed by atoms with Gasteiger partial charge in [-0.3, -0.25) is 19.7 Å².